The third-order valence-electron chi connectivity index (χ3n) is 3.66. The average Bonchev–Trinajstić information content (AvgIpc) is 2.57. The Morgan fingerprint density at radius 3 is 2.05 bits per heavy atom. The highest BCUT2D eigenvalue weighted by molar-refractivity contribution is 5.74. The molecule has 3 aromatic carbocycles. The molecule has 0 radical (unpaired) electrons. The Morgan fingerprint density at radius 2 is 1.32 bits per heavy atom. The minimum atomic E-state index is 0.140. The number of para-hydroxylation sites is 3. The van der Waals surface area contributed by atoms with Crippen molar-refractivity contribution in [3.8, 4) is 28.4 Å². The number of rotatable bonds is 4. The minimum absolute atomic E-state index is 0.140. The zero-order valence-electron chi connectivity index (χ0n) is 12.5. The SMILES string of the molecule is CCc1ccccc1-c1ccccc1Oc1ccccc1O. The summed E-state index contributed by atoms with van der Waals surface area (Å²) in [6, 6.07) is 23.2. The topological polar surface area (TPSA) is 29.5 Å². The minimum Gasteiger partial charge on any atom is -0.504 e. The molecule has 0 amide bonds. The molecule has 0 fully saturated rings. The molecule has 0 saturated heterocycles. The van der Waals surface area contributed by atoms with Crippen LogP contribution in [0, 0.1) is 0 Å². The van der Waals surface area contributed by atoms with Gasteiger partial charge in [0.2, 0.25) is 0 Å². The highest BCUT2D eigenvalue weighted by atomic mass is 16.5. The van der Waals surface area contributed by atoms with Gasteiger partial charge in [0.25, 0.3) is 0 Å². The van der Waals surface area contributed by atoms with Crippen molar-refractivity contribution in [2.24, 2.45) is 0 Å². The summed E-state index contributed by atoms with van der Waals surface area (Å²) in [5, 5.41) is 9.91. The van der Waals surface area contributed by atoms with Gasteiger partial charge in [-0.3, -0.25) is 0 Å². The van der Waals surface area contributed by atoms with Crippen molar-refractivity contribution in [2.75, 3.05) is 0 Å². The summed E-state index contributed by atoms with van der Waals surface area (Å²) in [5.41, 5.74) is 3.47. The van der Waals surface area contributed by atoms with E-state index >= 15 is 0 Å². The first-order valence-corrected chi connectivity index (χ1v) is 7.42. The fraction of sp³-hybridized carbons (Fsp3) is 0.100. The number of phenols is 1. The van der Waals surface area contributed by atoms with E-state index in [0.717, 1.165) is 23.3 Å². The zero-order chi connectivity index (χ0) is 15.4. The average molecular weight is 290 g/mol. The van der Waals surface area contributed by atoms with Crippen molar-refractivity contribution < 1.29 is 9.84 Å². The van der Waals surface area contributed by atoms with Crippen LogP contribution in [0.25, 0.3) is 11.1 Å². The fourth-order valence-corrected chi connectivity index (χ4v) is 2.53. The number of benzene rings is 3. The molecule has 0 aliphatic rings. The Hall–Kier alpha value is -2.74. The summed E-state index contributed by atoms with van der Waals surface area (Å²) in [7, 11) is 0. The molecule has 0 heterocycles. The molecular formula is C20H18O2. The third kappa shape index (κ3) is 2.82. The lowest BCUT2D eigenvalue weighted by Crippen LogP contribution is -1.92. The predicted molar refractivity (Wildman–Crippen MR) is 89.4 cm³/mol. The Bertz CT molecular complexity index is 778. The van der Waals surface area contributed by atoms with E-state index < -0.39 is 0 Å². The highest BCUT2D eigenvalue weighted by Gasteiger charge is 2.11. The molecule has 0 aliphatic carbocycles. The Labute approximate surface area is 130 Å². The summed E-state index contributed by atoms with van der Waals surface area (Å²) in [4.78, 5) is 0. The van der Waals surface area contributed by atoms with E-state index in [1.165, 1.54) is 5.56 Å². The van der Waals surface area contributed by atoms with Gasteiger partial charge in [-0.2, -0.15) is 0 Å². The Balaban J connectivity index is 2.06. The molecule has 0 aliphatic heterocycles. The summed E-state index contributed by atoms with van der Waals surface area (Å²) < 4.78 is 5.94. The van der Waals surface area contributed by atoms with Gasteiger partial charge >= 0.3 is 0 Å². The normalized spacial score (nSPS) is 10.4. The van der Waals surface area contributed by atoms with Gasteiger partial charge in [0, 0.05) is 5.56 Å². The van der Waals surface area contributed by atoms with Crippen molar-refractivity contribution in [1.29, 1.82) is 0 Å². The maximum Gasteiger partial charge on any atom is 0.169 e. The predicted octanol–water partition coefficient (Wildman–Crippen LogP) is 5.41. The molecule has 22 heavy (non-hydrogen) atoms. The van der Waals surface area contributed by atoms with Crippen LogP contribution in [0.15, 0.2) is 72.8 Å². The van der Waals surface area contributed by atoms with Gasteiger partial charge in [0.1, 0.15) is 5.75 Å². The van der Waals surface area contributed by atoms with Crippen LogP contribution in [0.2, 0.25) is 0 Å². The van der Waals surface area contributed by atoms with Gasteiger partial charge < -0.3 is 9.84 Å². The molecule has 0 unspecified atom stereocenters. The van der Waals surface area contributed by atoms with Gasteiger partial charge in [-0.15, -0.1) is 0 Å². The van der Waals surface area contributed by atoms with Crippen LogP contribution >= 0.6 is 0 Å². The fourth-order valence-electron chi connectivity index (χ4n) is 2.53. The van der Waals surface area contributed by atoms with E-state index in [1.54, 1.807) is 18.2 Å². The lowest BCUT2D eigenvalue weighted by Gasteiger charge is -2.14. The smallest absolute Gasteiger partial charge is 0.169 e. The summed E-state index contributed by atoms with van der Waals surface area (Å²) in [5.74, 6) is 1.34. The monoisotopic (exact) mass is 290 g/mol. The molecule has 3 rings (SSSR count). The number of ether oxygens (including phenoxy) is 1. The standard InChI is InChI=1S/C20H18O2/c1-2-15-9-3-4-10-16(15)17-11-5-7-13-19(17)22-20-14-8-6-12-18(20)21/h3-14,21H,2H2,1H3. The van der Waals surface area contributed by atoms with E-state index in [1.807, 2.05) is 36.4 Å². The van der Waals surface area contributed by atoms with Crippen LogP contribution in [-0.2, 0) is 6.42 Å². The zero-order valence-corrected chi connectivity index (χ0v) is 12.5. The van der Waals surface area contributed by atoms with Crippen LogP contribution in [0.3, 0.4) is 0 Å². The first kappa shape index (κ1) is 14.2. The molecule has 0 saturated carbocycles. The Morgan fingerprint density at radius 1 is 0.727 bits per heavy atom. The van der Waals surface area contributed by atoms with Crippen molar-refractivity contribution in [2.45, 2.75) is 13.3 Å². The second kappa shape index (κ2) is 6.35. The van der Waals surface area contributed by atoms with Gasteiger partial charge in [0.15, 0.2) is 11.5 Å². The molecule has 2 heteroatoms. The van der Waals surface area contributed by atoms with E-state index in [2.05, 4.69) is 25.1 Å². The number of aromatic hydroxyl groups is 1. The molecule has 3 aromatic rings. The first-order valence-electron chi connectivity index (χ1n) is 7.42. The molecule has 0 atom stereocenters. The van der Waals surface area contributed by atoms with Crippen molar-refractivity contribution in [1.82, 2.24) is 0 Å². The number of hydrogen-bond donors (Lipinski definition) is 1. The quantitative estimate of drug-likeness (QED) is 0.695. The van der Waals surface area contributed by atoms with Gasteiger partial charge in [-0.25, -0.2) is 0 Å². The molecule has 0 spiro atoms. The van der Waals surface area contributed by atoms with Crippen LogP contribution in [0.5, 0.6) is 17.2 Å². The maximum atomic E-state index is 9.91. The van der Waals surface area contributed by atoms with Crippen molar-refractivity contribution >= 4 is 0 Å². The maximum absolute atomic E-state index is 9.91. The van der Waals surface area contributed by atoms with Crippen LogP contribution in [-0.4, -0.2) is 5.11 Å². The van der Waals surface area contributed by atoms with Crippen LogP contribution in [0.4, 0.5) is 0 Å². The molecule has 0 bridgehead atoms. The van der Waals surface area contributed by atoms with Gasteiger partial charge in [-0.1, -0.05) is 61.5 Å². The van der Waals surface area contributed by atoms with Gasteiger partial charge in [-0.05, 0) is 35.7 Å². The Kier molecular flexibility index (Phi) is 4.10. The van der Waals surface area contributed by atoms with E-state index in [-0.39, 0.29) is 5.75 Å². The molecule has 0 aromatic heterocycles. The van der Waals surface area contributed by atoms with E-state index in [0.29, 0.717) is 5.75 Å². The van der Waals surface area contributed by atoms with Crippen LogP contribution < -0.4 is 4.74 Å². The van der Waals surface area contributed by atoms with E-state index in [9.17, 15) is 5.11 Å². The largest absolute Gasteiger partial charge is 0.504 e. The lowest BCUT2D eigenvalue weighted by atomic mass is 9.97. The molecule has 110 valence electrons. The van der Waals surface area contributed by atoms with Crippen molar-refractivity contribution in [3.63, 3.8) is 0 Å². The summed E-state index contributed by atoms with van der Waals surface area (Å²) in [6.45, 7) is 2.14. The first-order chi connectivity index (χ1) is 10.8. The van der Waals surface area contributed by atoms with Crippen LogP contribution in [0.1, 0.15) is 12.5 Å². The summed E-state index contributed by atoms with van der Waals surface area (Å²) in [6.07, 6.45) is 0.959. The third-order valence-corrected chi connectivity index (χ3v) is 3.66. The van der Waals surface area contributed by atoms with Gasteiger partial charge in [0.05, 0.1) is 0 Å². The lowest BCUT2D eigenvalue weighted by molar-refractivity contribution is 0.412. The molecular weight excluding hydrogens is 272 g/mol. The molecule has 2 nitrogen and oxygen atoms in total. The molecule has 1 N–H and O–H groups in total. The number of hydrogen-bond acceptors (Lipinski definition) is 2. The highest BCUT2D eigenvalue weighted by Crippen LogP contribution is 2.37. The van der Waals surface area contributed by atoms with Crippen molar-refractivity contribution in [3.05, 3.63) is 78.4 Å². The number of aryl methyl sites for hydroxylation is 1. The second-order valence-electron chi connectivity index (χ2n) is 5.08. The summed E-state index contributed by atoms with van der Waals surface area (Å²) >= 11 is 0. The van der Waals surface area contributed by atoms with E-state index in [4.69, 9.17) is 4.74 Å². The number of phenolic OH excluding ortho intramolecular Hbond substituents is 1. The second-order valence-corrected chi connectivity index (χ2v) is 5.08.